The number of hydrogen-bond acceptors (Lipinski definition) is 5. The SMILES string of the molecule is COCCNC(C)C(=O)c1c(C)[nH]c(C(=O)OC)c1C. The fourth-order valence-electron chi connectivity index (χ4n) is 2.11. The van der Waals surface area contributed by atoms with Crippen molar-refractivity contribution in [3.63, 3.8) is 0 Å². The molecule has 1 rings (SSSR count). The van der Waals surface area contributed by atoms with Crippen molar-refractivity contribution in [1.29, 1.82) is 0 Å². The Kier molecular flexibility index (Phi) is 5.91. The Hall–Kier alpha value is -1.66. The van der Waals surface area contributed by atoms with Gasteiger partial charge in [0.05, 0.1) is 19.8 Å². The van der Waals surface area contributed by atoms with Gasteiger partial charge in [-0.2, -0.15) is 0 Å². The molecule has 0 aliphatic heterocycles. The van der Waals surface area contributed by atoms with E-state index in [4.69, 9.17) is 9.47 Å². The molecular weight excluding hydrogens is 260 g/mol. The first kappa shape index (κ1) is 16.4. The average Bonchev–Trinajstić information content (AvgIpc) is 2.72. The maximum absolute atomic E-state index is 12.4. The molecule has 0 aliphatic rings. The van der Waals surface area contributed by atoms with E-state index in [0.717, 1.165) is 0 Å². The number of rotatable bonds is 7. The van der Waals surface area contributed by atoms with Gasteiger partial charge in [0.25, 0.3) is 0 Å². The van der Waals surface area contributed by atoms with E-state index in [2.05, 4.69) is 10.3 Å². The van der Waals surface area contributed by atoms with Gasteiger partial charge in [-0.05, 0) is 26.3 Å². The summed E-state index contributed by atoms with van der Waals surface area (Å²) in [6, 6.07) is -0.344. The van der Waals surface area contributed by atoms with Crippen LogP contribution in [0.1, 0.15) is 39.0 Å². The van der Waals surface area contributed by atoms with Gasteiger partial charge in [-0.1, -0.05) is 0 Å². The molecule has 1 aromatic heterocycles. The van der Waals surface area contributed by atoms with Crippen molar-refractivity contribution in [2.24, 2.45) is 0 Å². The number of carbonyl (C=O) groups is 2. The third kappa shape index (κ3) is 3.46. The number of methoxy groups -OCH3 is 2. The minimum atomic E-state index is -0.468. The number of ketones is 1. The number of aryl methyl sites for hydroxylation is 1. The molecular formula is C14H22N2O4. The summed E-state index contributed by atoms with van der Waals surface area (Å²) in [6.45, 7) is 6.44. The second-order valence-electron chi connectivity index (χ2n) is 4.65. The van der Waals surface area contributed by atoms with Crippen LogP contribution in [0.25, 0.3) is 0 Å². The number of nitrogens with one attached hydrogen (secondary N) is 2. The van der Waals surface area contributed by atoms with Crippen LogP contribution in [0.2, 0.25) is 0 Å². The summed E-state index contributed by atoms with van der Waals surface area (Å²) in [4.78, 5) is 27.0. The van der Waals surface area contributed by atoms with Crippen LogP contribution in [0.4, 0.5) is 0 Å². The molecule has 112 valence electrons. The first-order chi connectivity index (χ1) is 9.43. The summed E-state index contributed by atoms with van der Waals surface area (Å²) in [5.74, 6) is -0.521. The van der Waals surface area contributed by atoms with E-state index in [1.165, 1.54) is 7.11 Å². The quantitative estimate of drug-likeness (QED) is 0.446. The first-order valence-electron chi connectivity index (χ1n) is 6.48. The van der Waals surface area contributed by atoms with Crippen molar-refractivity contribution in [2.75, 3.05) is 27.4 Å². The minimum absolute atomic E-state index is 0.0532. The first-order valence-corrected chi connectivity index (χ1v) is 6.48. The third-order valence-corrected chi connectivity index (χ3v) is 3.22. The lowest BCUT2D eigenvalue weighted by Crippen LogP contribution is -2.36. The number of esters is 1. The van der Waals surface area contributed by atoms with Crippen molar-refractivity contribution in [3.8, 4) is 0 Å². The summed E-state index contributed by atoms with van der Waals surface area (Å²) in [7, 11) is 2.92. The van der Waals surface area contributed by atoms with Gasteiger partial charge in [-0.25, -0.2) is 4.79 Å². The summed E-state index contributed by atoms with van der Waals surface area (Å²) in [6.07, 6.45) is 0. The van der Waals surface area contributed by atoms with Gasteiger partial charge in [0.15, 0.2) is 5.78 Å². The summed E-state index contributed by atoms with van der Waals surface area (Å²) < 4.78 is 9.63. The van der Waals surface area contributed by atoms with E-state index < -0.39 is 5.97 Å². The molecule has 1 unspecified atom stereocenters. The highest BCUT2D eigenvalue weighted by Gasteiger charge is 2.25. The minimum Gasteiger partial charge on any atom is -0.464 e. The smallest absolute Gasteiger partial charge is 0.354 e. The Bertz CT molecular complexity index is 494. The highest BCUT2D eigenvalue weighted by atomic mass is 16.5. The molecule has 6 nitrogen and oxygen atoms in total. The molecule has 6 heteroatoms. The van der Waals surface area contributed by atoms with E-state index in [1.54, 1.807) is 27.9 Å². The zero-order valence-corrected chi connectivity index (χ0v) is 12.6. The predicted octanol–water partition coefficient (Wildman–Crippen LogP) is 1.23. The lowest BCUT2D eigenvalue weighted by Gasteiger charge is -2.13. The van der Waals surface area contributed by atoms with Crippen molar-refractivity contribution in [1.82, 2.24) is 10.3 Å². The van der Waals surface area contributed by atoms with Gasteiger partial charge in [0, 0.05) is 24.9 Å². The Morgan fingerprint density at radius 1 is 1.30 bits per heavy atom. The Labute approximate surface area is 118 Å². The zero-order chi connectivity index (χ0) is 15.3. The van der Waals surface area contributed by atoms with Crippen molar-refractivity contribution in [3.05, 3.63) is 22.5 Å². The molecule has 1 atom stereocenters. The molecule has 0 aromatic carbocycles. The average molecular weight is 282 g/mol. The number of aromatic amines is 1. The molecule has 2 N–H and O–H groups in total. The Balaban J connectivity index is 2.93. The third-order valence-electron chi connectivity index (χ3n) is 3.22. The van der Waals surface area contributed by atoms with Gasteiger partial charge in [0.2, 0.25) is 0 Å². The monoisotopic (exact) mass is 282 g/mol. The fraction of sp³-hybridized carbons (Fsp3) is 0.571. The maximum atomic E-state index is 12.4. The molecule has 0 saturated carbocycles. The van der Waals surface area contributed by atoms with Crippen molar-refractivity contribution in [2.45, 2.75) is 26.8 Å². The van der Waals surface area contributed by atoms with E-state index in [1.807, 2.05) is 0 Å². The normalized spacial score (nSPS) is 12.2. The van der Waals surface area contributed by atoms with Crippen LogP contribution < -0.4 is 5.32 Å². The number of ether oxygens (including phenoxy) is 2. The molecule has 1 heterocycles. The Morgan fingerprint density at radius 3 is 2.50 bits per heavy atom. The van der Waals surface area contributed by atoms with Gasteiger partial charge in [0.1, 0.15) is 5.69 Å². The van der Waals surface area contributed by atoms with Gasteiger partial charge in [-0.15, -0.1) is 0 Å². The van der Waals surface area contributed by atoms with E-state index in [9.17, 15) is 9.59 Å². The molecule has 0 radical (unpaired) electrons. The molecule has 0 spiro atoms. The molecule has 1 aromatic rings. The maximum Gasteiger partial charge on any atom is 0.354 e. The molecule has 0 saturated heterocycles. The van der Waals surface area contributed by atoms with E-state index in [-0.39, 0.29) is 11.8 Å². The zero-order valence-electron chi connectivity index (χ0n) is 12.6. The van der Waals surface area contributed by atoms with Crippen LogP contribution in [-0.4, -0.2) is 50.1 Å². The predicted molar refractivity (Wildman–Crippen MR) is 75.3 cm³/mol. The second-order valence-corrected chi connectivity index (χ2v) is 4.65. The number of carbonyl (C=O) groups excluding carboxylic acids is 2. The Morgan fingerprint density at radius 2 is 1.95 bits per heavy atom. The highest BCUT2D eigenvalue weighted by molar-refractivity contribution is 6.05. The van der Waals surface area contributed by atoms with E-state index >= 15 is 0 Å². The van der Waals surface area contributed by atoms with Gasteiger partial charge in [-0.3, -0.25) is 4.79 Å². The second kappa shape index (κ2) is 7.21. The number of H-pyrrole nitrogens is 1. The van der Waals surface area contributed by atoms with E-state index in [0.29, 0.717) is 35.7 Å². The lowest BCUT2D eigenvalue weighted by atomic mass is 10.0. The number of hydrogen-bond donors (Lipinski definition) is 2. The number of Topliss-reactive ketones (excluding diaryl/α,β-unsaturated/α-hetero) is 1. The molecule has 0 aliphatic carbocycles. The topological polar surface area (TPSA) is 80.4 Å². The van der Waals surface area contributed by atoms with Gasteiger partial charge >= 0.3 is 5.97 Å². The van der Waals surface area contributed by atoms with Crippen LogP contribution in [0.15, 0.2) is 0 Å². The summed E-state index contributed by atoms with van der Waals surface area (Å²) >= 11 is 0. The van der Waals surface area contributed by atoms with Crippen LogP contribution in [-0.2, 0) is 9.47 Å². The van der Waals surface area contributed by atoms with Crippen LogP contribution >= 0.6 is 0 Å². The molecule has 0 bridgehead atoms. The molecule has 0 amide bonds. The van der Waals surface area contributed by atoms with Crippen molar-refractivity contribution >= 4 is 11.8 Å². The lowest BCUT2D eigenvalue weighted by molar-refractivity contribution is 0.0594. The summed E-state index contributed by atoms with van der Waals surface area (Å²) in [5.41, 5.74) is 2.17. The standard InChI is InChI=1S/C14H22N2O4/c1-8-11(9(2)16-12(8)14(18)20-5)13(17)10(3)15-6-7-19-4/h10,15-16H,6-7H2,1-5H3. The van der Waals surface area contributed by atoms with Crippen molar-refractivity contribution < 1.29 is 19.1 Å². The largest absolute Gasteiger partial charge is 0.464 e. The molecule has 20 heavy (non-hydrogen) atoms. The molecule has 0 fully saturated rings. The van der Waals surface area contributed by atoms with Crippen LogP contribution in [0.3, 0.4) is 0 Å². The van der Waals surface area contributed by atoms with Gasteiger partial charge < -0.3 is 19.8 Å². The summed E-state index contributed by atoms with van der Waals surface area (Å²) in [5, 5.41) is 3.08. The number of aromatic nitrogens is 1. The fourth-order valence-corrected chi connectivity index (χ4v) is 2.11. The van der Waals surface area contributed by atoms with Crippen LogP contribution in [0, 0.1) is 13.8 Å². The highest BCUT2D eigenvalue weighted by Crippen LogP contribution is 2.20. The van der Waals surface area contributed by atoms with Crippen LogP contribution in [0.5, 0.6) is 0 Å².